The van der Waals surface area contributed by atoms with Crippen LogP contribution in [0.3, 0.4) is 0 Å². The minimum Gasteiger partial charge on any atom is -0.458 e. The van der Waals surface area contributed by atoms with Gasteiger partial charge in [0, 0.05) is 11.4 Å². The fourth-order valence-electron chi connectivity index (χ4n) is 1.58. The molecule has 0 radical (unpaired) electrons. The molecule has 0 saturated carbocycles. The van der Waals surface area contributed by atoms with E-state index in [9.17, 15) is 5.11 Å². The first-order valence-electron chi connectivity index (χ1n) is 5.14. The van der Waals surface area contributed by atoms with Crippen LogP contribution < -0.4 is 5.73 Å². The van der Waals surface area contributed by atoms with E-state index in [1.165, 1.54) is 0 Å². The molecule has 0 aliphatic rings. The third kappa shape index (κ3) is 1.89. The maximum atomic E-state index is 9.87. The highest BCUT2D eigenvalue weighted by atomic mass is 16.4. The Hall–Kier alpha value is -1.32. The van der Waals surface area contributed by atoms with Crippen molar-refractivity contribution >= 4 is 11.0 Å². The number of aliphatic hydroxyl groups excluding tert-OH is 1. The van der Waals surface area contributed by atoms with Crippen molar-refractivity contribution in [2.75, 3.05) is 0 Å². The number of hydrogen-bond donors (Lipinski definition) is 2. The molecule has 1 aromatic heterocycles. The molecule has 0 fully saturated rings. The average molecular weight is 205 g/mol. The van der Waals surface area contributed by atoms with Crippen LogP contribution in [0.2, 0.25) is 0 Å². The zero-order valence-corrected chi connectivity index (χ0v) is 8.68. The van der Waals surface area contributed by atoms with Crippen molar-refractivity contribution in [2.45, 2.75) is 25.5 Å². The molecule has 0 saturated heterocycles. The Morgan fingerprint density at radius 2 is 2.13 bits per heavy atom. The predicted molar refractivity (Wildman–Crippen MR) is 59.4 cm³/mol. The van der Waals surface area contributed by atoms with Gasteiger partial charge in [-0.3, -0.25) is 0 Å². The Kier molecular flexibility index (Phi) is 2.75. The van der Waals surface area contributed by atoms with Crippen LogP contribution in [0.15, 0.2) is 34.7 Å². The van der Waals surface area contributed by atoms with Gasteiger partial charge >= 0.3 is 0 Å². The molecule has 3 N–H and O–H groups in total. The van der Waals surface area contributed by atoms with Gasteiger partial charge in [-0.1, -0.05) is 25.1 Å². The number of fused-ring (bicyclic) bond motifs is 1. The summed E-state index contributed by atoms with van der Waals surface area (Å²) in [5.41, 5.74) is 6.55. The molecule has 0 spiro atoms. The van der Waals surface area contributed by atoms with Crippen molar-refractivity contribution in [2.24, 2.45) is 5.73 Å². The number of nitrogens with two attached hydrogens (primary N) is 1. The maximum Gasteiger partial charge on any atom is 0.135 e. The first-order valence-corrected chi connectivity index (χ1v) is 5.14. The van der Waals surface area contributed by atoms with E-state index in [2.05, 4.69) is 0 Å². The molecule has 80 valence electrons. The van der Waals surface area contributed by atoms with Crippen LogP contribution >= 0.6 is 0 Å². The van der Waals surface area contributed by atoms with Gasteiger partial charge < -0.3 is 15.3 Å². The minimum absolute atomic E-state index is 0.273. The lowest BCUT2D eigenvalue weighted by molar-refractivity contribution is 0.121. The quantitative estimate of drug-likeness (QED) is 0.807. The summed E-state index contributed by atoms with van der Waals surface area (Å²) in [5, 5.41) is 10.9. The van der Waals surface area contributed by atoms with Gasteiger partial charge in [-0.05, 0) is 18.6 Å². The molecule has 1 heterocycles. The SMILES string of the molecule is CCC(N)C(O)c1cc2ccccc2o1. The summed E-state index contributed by atoms with van der Waals surface area (Å²) in [6.45, 7) is 1.94. The lowest BCUT2D eigenvalue weighted by atomic mass is 10.1. The Balaban J connectivity index is 2.36. The molecule has 2 unspecified atom stereocenters. The summed E-state index contributed by atoms with van der Waals surface area (Å²) in [4.78, 5) is 0. The number of furan rings is 1. The van der Waals surface area contributed by atoms with E-state index in [4.69, 9.17) is 10.2 Å². The second-order valence-corrected chi connectivity index (χ2v) is 3.70. The van der Waals surface area contributed by atoms with Crippen LogP contribution in [-0.4, -0.2) is 11.1 Å². The highest BCUT2D eigenvalue weighted by Gasteiger charge is 2.18. The van der Waals surface area contributed by atoms with Crippen LogP contribution in [0.4, 0.5) is 0 Å². The van der Waals surface area contributed by atoms with Gasteiger partial charge in [0.05, 0.1) is 0 Å². The van der Waals surface area contributed by atoms with Crippen molar-refractivity contribution < 1.29 is 9.52 Å². The molecule has 3 heteroatoms. The van der Waals surface area contributed by atoms with Gasteiger partial charge in [-0.25, -0.2) is 0 Å². The Labute approximate surface area is 88.5 Å². The smallest absolute Gasteiger partial charge is 0.135 e. The largest absolute Gasteiger partial charge is 0.458 e. The van der Waals surface area contributed by atoms with Crippen molar-refractivity contribution in [3.05, 3.63) is 36.1 Å². The second-order valence-electron chi connectivity index (χ2n) is 3.70. The molecular formula is C12H15NO2. The topological polar surface area (TPSA) is 59.4 Å². The van der Waals surface area contributed by atoms with E-state index in [1.54, 1.807) is 0 Å². The standard InChI is InChI=1S/C12H15NO2/c1-2-9(13)12(14)11-7-8-5-3-4-6-10(8)15-11/h3-7,9,12,14H,2,13H2,1H3. The van der Waals surface area contributed by atoms with Crippen LogP contribution in [0, 0.1) is 0 Å². The molecule has 15 heavy (non-hydrogen) atoms. The van der Waals surface area contributed by atoms with E-state index < -0.39 is 6.10 Å². The molecule has 0 aliphatic heterocycles. The number of para-hydroxylation sites is 1. The van der Waals surface area contributed by atoms with Crippen molar-refractivity contribution in [3.63, 3.8) is 0 Å². The zero-order chi connectivity index (χ0) is 10.8. The molecule has 2 aromatic rings. The molecule has 0 aliphatic carbocycles. The van der Waals surface area contributed by atoms with Gasteiger partial charge in [0.25, 0.3) is 0 Å². The van der Waals surface area contributed by atoms with Crippen molar-refractivity contribution in [3.8, 4) is 0 Å². The molecule has 0 bridgehead atoms. The van der Waals surface area contributed by atoms with E-state index in [-0.39, 0.29) is 6.04 Å². The summed E-state index contributed by atoms with van der Waals surface area (Å²) in [5.74, 6) is 0.547. The molecule has 2 rings (SSSR count). The zero-order valence-electron chi connectivity index (χ0n) is 8.68. The summed E-state index contributed by atoms with van der Waals surface area (Å²) >= 11 is 0. The van der Waals surface area contributed by atoms with Gasteiger partial charge in [-0.15, -0.1) is 0 Å². The van der Waals surface area contributed by atoms with Crippen LogP contribution in [0.25, 0.3) is 11.0 Å². The Morgan fingerprint density at radius 1 is 1.40 bits per heavy atom. The number of hydrogen-bond acceptors (Lipinski definition) is 3. The van der Waals surface area contributed by atoms with Crippen molar-refractivity contribution in [1.82, 2.24) is 0 Å². The first kappa shape index (κ1) is 10.2. The van der Waals surface area contributed by atoms with Crippen LogP contribution in [0.5, 0.6) is 0 Å². The van der Waals surface area contributed by atoms with Gasteiger partial charge in [0.15, 0.2) is 0 Å². The number of rotatable bonds is 3. The Bertz CT molecular complexity index is 417. The molecule has 1 aromatic carbocycles. The Morgan fingerprint density at radius 3 is 2.80 bits per heavy atom. The molecule has 3 nitrogen and oxygen atoms in total. The summed E-state index contributed by atoms with van der Waals surface area (Å²) in [7, 11) is 0. The monoisotopic (exact) mass is 205 g/mol. The average Bonchev–Trinajstić information content (AvgIpc) is 2.70. The summed E-state index contributed by atoms with van der Waals surface area (Å²) in [6.07, 6.45) is 0.000448. The second kappa shape index (κ2) is 4.04. The third-order valence-corrected chi connectivity index (χ3v) is 2.61. The lowest BCUT2D eigenvalue weighted by Crippen LogP contribution is -2.26. The van der Waals surface area contributed by atoms with Crippen molar-refractivity contribution in [1.29, 1.82) is 0 Å². The third-order valence-electron chi connectivity index (χ3n) is 2.61. The van der Waals surface area contributed by atoms with Crippen LogP contribution in [0.1, 0.15) is 25.2 Å². The molecule has 0 amide bonds. The highest BCUT2D eigenvalue weighted by molar-refractivity contribution is 5.77. The molecular weight excluding hydrogens is 190 g/mol. The first-order chi connectivity index (χ1) is 7.22. The maximum absolute atomic E-state index is 9.87. The van der Waals surface area contributed by atoms with E-state index >= 15 is 0 Å². The summed E-state index contributed by atoms with van der Waals surface area (Å²) < 4.78 is 5.52. The van der Waals surface area contributed by atoms with Gasteiger partial charge in [-0.2, -0.15) is 0 Å². The fourth-order valence-corrected chi connectivity index (χ4v) is 1.58. The van der Waals surface area contributed by atoms with E-state index in [1.807, 2.05) is 37.3 Å². The lowest BCUT2D eigenvalue weighted by Gasteiger charge is -2.13. The van der Waals surface area contributed by atoms with Crippen LogP contribution in [-0.2, 0) is 0 Å². The van der Waals surface area contributed by atoms with Gasteiger partial charge in [0.1, 0.15) is 17.4 Å². The minimum atomic E-state index is -0.720. The number of benzene rings is 1. The number of aliphatic hydroxyl groups is 1. The molecule has 2 atom stereocenters. The van der Waals surface area contributed by atoms with E-state index in [0.29, 0.717) is 5.76 Å². The van der Waals surface area contributed by atoms with E-state index in [0.717, 1.165) is 17.4 Å². The van der Waals surface area contributed by atoms with Gasteiger partial charge in [0.2, 0.25) is 0 Å². The normalized spacial score (nSPS) is 15.4. The fraction of sp³-hybridized carbons (Fsp3) is 0.333. The predicted octanol–water partition coefficient (Wildman–Crippen LogP) is 2.20. The summed E-state index contributed by atoms with van der Waals surface area (Å²) in [6, 6.07) is 9.24. The highest BCUT2D eigenvalue weighted by Crippen LogP contribution is 2.25.